The summed E-state index contributed by atoms with van der Waals surface area (Å²) in [6.45, 7) is 0.641. The number of carbonyl (C=O) groups is 1. The summed E-state index contributed by atoms with van der Waals surface area (Å²) in [4.78, 5) is 19.5. The number of hydrazine groups is 1. The van der Waals surface area contributed by atoms with Gasteiger partial charge in [0.2, 0.25) is 11.6 Å². The first-order valence-corrected chi connectivity index (χ1v) is 16.7. The van der Waals surface area contributed by atoms with Gasteiger partial charge in [0.25, 0.3) is 5.91 Å². The van der Waals surface area contributed by atoms with Crippen molar-refractivity contribution in [3.63, 3.8) is 0 Å². The number of hydrogen-bond acceptors (Lipinski definition) is 9. The van der Waals surface area contributed by atoms with Crippen LogP contribution in [0.4, 0.5) is 0 Å². The number of amides is 1. The molecule has 4 aromatic carbocycles. The van der Waals surface area contributed by atoms with Crippen LogP contribution in [0.15, 0.2) is 96.0 Å². The Morgan fingerprint density at radius 3 is 2.32 bits per heavy atom. The van der Waals surface area contributed by atoms with Crippen molar-refractivity contribution in [2.75, 3.05) is 34.5 Å². The van der Waals surface area contributed by atoms with Crippen molar-refractivity contribution in [3.8, 4) is 23.0 Å². The van der Waals surface area contributed by atoms with Gasteiger partial charge in [-0.05, 0) is 59.7 Å². The first kappa shape index (κ1) is 36.5. The molecule has 5 rings (SSSR count). The average Bonchev–Trinajstić information content (AvgIpc) is 3.52. The maximum absolute atomic E-state index is 14.5. The summed E-state index contributed by atoms with van der Waals surface area (Å²) < 4.78 is 28.7. The molecule has 0 saturated carbocycles. The summed E-state index contributed by atoms with van der Waals surface area (Å²) in [6, 6.07) is 25.6. The summed E-state index contributed by atoms with van der Waals surface area (Å²) >= 11 is 13.0. The maximum atomic E-state index is 14.5. The molecule has 262 valence electrons. The van der Waals surface area contributed by atoms with Crippen LogP contribution >= 0.6 is 23.2 Å². The third-order valence-electron chi connectivity index (χ3n) is 8.03. The van der Waals surface area contributed by atoms with E-state index in [9.17, 15) is 4.79 Å². The van der Waals surface area contributed by atoms with E-state index < -0.39 is 17.6 Å². The van der Waals surface area contributed by atoms with Crippen LogP contribution in [0.5, 0.6) is 23.0 Å². The summed E-state index contributed by atoms with van der Waals surface area (Å²) in [5, 5.41) is 9.87. The molecule has 0 fully saturated rings. The molecule has 3 N–H and O–H groups in total. The van der Waals surface area contributed by atoms with Gasteiger partial charge in [-0.15, -0.1) is 0 Å². The van der Waals surface area contributed by atoms with Gasteiger partial charge in [-0.3, -0.25) is 10.2 Å². The molecule has 0 radical (unpaired) electrons. The largest absolute Gasteiger partial charge is 0.494 e. The lowest BCUT2D eigenvalue weighted by molar-refractivity contribution is -0.129. The minimum absolute atomic E-state index is 0.0393. The SMILES string of the molecule is COc1cc(CNNC(=O)[C@@]2(C/C=C/c3ccccc3)N=C(c3ccc(OCCCO)cc3)O[C@H]2c2ccc(Cl)cc2Cl)cc(OC)c1OC. The lowest BCUT2D eigenvalue weighted by atomic mass is 9.84. The zero-order chi connectivity index (χ0) is 35.5. The van der Waals surface area contributed by atoms with Gasteiger partial charge in [-0.25, -0.2) is 10.4 Å². The van der Waals surface area contributed by atoms with Gasteiger partial charge in [0.15, 0.2) is 23.1 Å². The molecular weight excluding hydrogens is 681 g/mol. The number of nitrogens with one attached hydrogen (secondary N) is 2. The quantitative estimate of drug-likeness (QED) is 0.0840. The Morgan fingerprint density at radius 1 is 0.960 bits per heavy atom. The highest BCUT2D eigenvalue weighted by molar-refractivity contribution is 6.35. The Morgan fingerprint density at radius 2 is 1.68 bits per heavy atom. The molecule has 1 aliphatic rings. The zero-order valence-electron chi connectivity index (χ0n) is 28.0. The number of aliphatic hydroxyl groups excluding tert-OH is 1. The van der Waals surface area contributed by atoms with Gasteiger partial charge in [0, 0.05) is 47.2 Å². The molecule has 0 spiro atoms. The van der Waals surface area contributed by atoms with E-state index in [0.29, 0.717) is 57.2 Å². The third-order valence-corrected chi connectivity index (χ3v) is 8.60. The van der Waals surface area contributed by atoms with Gasteiger partial charge in [0.05, 0.1) is 27.9 Å². The molecule has 2 atom stereocenters. The van der Waals surface area contributed by atoms with E-state index in [0.717, 1.165) is 11.1 Å². The summed E-state index contributed by atoms with van der Waals surface area (Å²) in [5.74, 6) is 1.87. The summed E-state index contributed by atoms with van der Waals surface area (Å²) in [6.07, 6.45) is 3.59. The van der Waals surface area contributed by atoms with Gasteiger partial charge in [0.1, 0.15) is 5.75 Å². The number of aliphatic hydroxyl groups is 1. The Balaban J connectivity index is 1.51. The van der Waals surface area contributed by atoms with E-state index in [1.165, 1.54) is 7.11 Å². The fourth-order valence-electron chi connectivity index (χ4n) is 5.52. The molecule has 0 bridgehead atoms. The standard InChI is InChI=1S/C38H39Cl2N3O7/c1-46-32-21-26(22-33(47-2)34(32)48-3)24-41-43-37(45)38(18-7-11-25-9-5-4-6-10-25)35(30-17-14-28(39)23-31(30)40)50-36(42-38)27-12-15-29(16-13-27)49-20-8-19-44/h4-7,9-17,21-23,35,41,44H,8,18-20,24H2,1-3H3,(H,43,45)/b11-7+/t35-,38-/m0/s1. The van der Waals surface area contributed by atoms with Gasteiger partial charge >= 0.3 is 0 Å². The van der Waals surface area contributed by atoms with Gasteiger partial charge < -0.3 is 28.8 Å². The number of benzene rings is 4. The van der Waals surface area contributed by atoms with Crippen molar-refractivity contribution in [3.05, 3.63) is 123 Å². The topological polar surface area (TPSA) is 120 Å². The highest BCUT2D eigenvalue weighted by Gasteiger charge is 2.53. The van der Waals surface area contributed by atoms with Crippen molar-refractivity contribution in [2.45, 2.75) is 31.0 Å². The summed E-state index contributed by atoms with van der Waals surface area (Å²) in [7, 11) is 4.62. The zero-order valence-corrected chi connectivity index (χ0v) is 29.5. The van der Waals surface area contributed by atoms with Crippen molar-refractivity contribution in [1.29, 1.82) is 0 Å². The second kappa shape index (κ2) is 17.3. The molecule has 0 unspecified atom stereocenters. The molecule has 0 aliphatic carbocycles. The van der Waals surface area contributed by atoms with Crippen LogP contribution in [0.1, 0.15) is 41.2 Å². The first-order chi connectivity index (χ1) is 24.3. The van der Waals surface area contributed by atoms with Gasteiger partial charge in [-0.2, -0.15) is 0 Å². The number of halogens is 2. The number of aliphatic imine (C=N–C) groups is 1. The van der Waals surface area contributed by atoms with Crippen LogP contribution in [0.25, 0.3) is 6.08 Å². The number of ether oxygens (including phenoxy) is 5. The van der Waals surface area contributed by atoms with Crippen LogP contribution < -0.4 is 29.8 Å². The van der Waals surface area contributed by atoms with Crippen LogP contribution in [0, 0.1) is 0 Å². The highest BCUT2D eigenvalue weighted by atomic mass is 35.5. The fraction of sp³-hybridized carbons (Fsp3) is 0.263. The average molecular weight is 721 g/mol. The number of nitrogens with zero attached hydrogens (tertiary/aromatic N) is 1. The molecule has 1 heterocycles. The molecule has 12 heteroatoms. The van der Waals surface area contributed by atoms with E-state index in [1.807, 2.05) is 54.6 Å². The Hall–Kier alpha value is -4.74. The minimum atomic E-state index is -1.50. The van der Waals surface area contributed by atoms with Crippen LogP contribution in [-0.4, -0.2) is 57.0 Å². The summed E-state index contributed by atoms with van der Waals surface area (Å²) in [5.41, 5.74) is 7.33. The second-order valence-corrected chi connectivity index (χ2v) is 12.2. The Bertz CT molecular complexity index is 1790. The van der Waals surface area contributed by atoms with E-state index in [-0.39, 0.29) is 25.5 Å². The minimum Gasteiger partial charge on any atom is -0.494 e. The highest BCUT2D eigenvalue weighted by Crippen LogP contribution is 2.45. The normalized spacial score (nSPS) is 16.8. The Labute approximate surface area is 301 Å². The van der Waals surface area contributed by atoms with Crippen LogP contribution in [0.2, 0.25) is 10.0 Å². The molecule has 4 aromatic rings. The van der Waals surface area contributed by atoms with Crippen molar-refractivity contribution in [1.82, 2.24) is 10.9 Å². The van der Waals surface area contributed by atoms with E-state index in [2.05, 4.69) is 10.9 Å². The molecule has 10 nitrogen and oxygen atoms in total. The lowest BCUT2D eigenvalue weighted by Crippen LogP contribution is -2.52. The molecule has 50 heavy (non-hydrogen) atoms. The van der Waals surface area contributed by atoms with E-state index >= 15 is 0 Å². The van der Waals surface area contributed by atoms with Crippen LogP contribution in [0.3, 0.4) is 0 Å². The predicted molar refractivity (Wildman–Crippen MR) is 194 cm³/mol. The maximum Gasteiger partial charge on any atom is 0.266 e. The predicted octanol–water partition coefficient (Wildman–Crippen LogP) is 6.96. The lowest BCUT2D eigenvalue weighted by Gasteiger charge is -2.30. The molecule has 1 aliphatic heterocycles. The molecular formula is C38H39Cl2N3O7. The number of carbonyl (C=O) groups excluding carboxylic acids is 1. The van der Waals surface area contributed by atoms with Crippen LogP contribution in [-0.2, 0) is 16.1 Å². The number of methoxy groups -OCH3 is 3. The third kappa shape index (κ3) is 8.51. The first-order valence-electron chi connectivity index (χ1n) is 15.9. The van der Waals surface area contributed by atoms with Crippen molar-refractivity contribution >= 4 is 41.1 Å². The monoisotopic (exact) mass is 719 g/mol. The smallest absolute Gasteiger partial charge is 0.266 e. The van der Waals surface area contributed by atoms with Gasteiger partial charge in [-0.1, -0.05) is 71.8 Å². The number of hydrogen-bond donors (Lipinski definition) is 3. The second-order valence-electron chi connectivity index (χ2n) is 11.3. The van der Waals surface area contributed by atoms with Crippen molar-refractivity contribution in [2.24, 2.45) is 4.99 Å². The molecule has 0 saturated heterocycles. The molecule has 1 amide bonds. The fourth-order valence-corrected chi connectivity index (χ4v) is 6.02. The van der Waals surface area contributed by atoms with E-state index in [1.54, 1.807) is 56.7 Å². The Kier molecular flexibility index (Phi) is 12.6. The molecule has 0 aromatic heterocycles. The van der Waals surface area contributed by atoms with E-state index in [4.69, 9.17) is 57.0 Å². The number of rotatable bonds is 16. The van der Waals surface area contributed by atoms with Crippen molar-refractivity contribution < 1.29 is 33.6 Å².